The Morgan fingerprint density at radius 2 is 1.40 bits per heavy atom. The van der Waals surface area contributed by atoms with Gasteiger partial charge in [-0.25, -0.2) is 9.97 Å². The highest BCUT2D eigenvalue weighted by Gasteiger charge is 2.24. The van der Waals surface area contributed by atoms with Gasteiger partial charge in [0.05, 0.1) is 22.2 Å². The van der Waals surface area contributed by atoms with Crippen molar-refractivity contribution in [3.63, 3.8) is 0 Å². The van der Waals surface area contributed by atoms with Crippen molar-refractivity contribution in [1.29, 1.82) is 0 Å². The molecule has 0 bridgehead atoms. The second-order valence-electron chi connectivity index (χ2n) is 10.5. The lowest BCUT2D eigenvalue weighted by atomic mass is 9.91. The van der Waals surface area contributed by atoms with Gasteiger partial charge >= 0.3 is 0 Å². The van der Waals surface area contributed by atoms with E-state index in [2.05, 4.69) is 90.4 Å². The molecule has 1 aliphatic carbocycles. The molecule has 7 rings (SSSR count). The molecule has 40 heavy (non-hydrogen) atoms. The lowest BCUT2D eigenvalue weighted by molar-refractivity contribution is 0.625. The van der Waals surface area contributed by atoms with Crippen molar-refractivity contribution in [2.24, 2.45) is 11.7 Å². The van der Waals surface area contributed by atoms with Crippen molar-refractivity contribution in [2.45, 2.75) is 25.9 Å². The molecule has 4 aromatic carbocycles. The summed E-state index contributed by atoms with van der Waals surface area (Å²) in [4.78, 5) is 10.1. The van der Waals surface area contributed by atoms with E-state index in [1.807, 2.05) is 30.3 Å². The Bertz CT molecular complexity index is 1910. The Morgan fingerprint density at radius 3 is 2.15 bits per heavy atom. The minimum absolute atomic E-state index is 0.207. The molecule has 0 radical (unpaired) electrons. The fourth-order valence-electron chi connectivity index (χ4n) is 5.79. The lowest BCUT2D eigenvalue weighted by Crippen LogP contribution is -2.16. The van der Waals surface area contributed by atoms with Gasteiger partial charge in [0.15, 0.2) is 0 Å². The lowest BCUT2D eigenvalue weighted by Gasteiger charge is -2.20. The molecule has 5 heteroatoms. The van der Waals surface area contributed by atoms with E-state index in [4.69, 9.17) is 21.4 Å². The fourth-order valence-corrected chi connectivity index (χ4v) is 5.79. The van der Waals surface area contributed by atoms with Crippen LogP contribution in [0.4, 0.5) is 5.69 Å². The van der Waals surface area contributed by atoms with E-state index in [0.29, 0.717) is 5.92 Å². The highest BCUT2D eigenvalue weighted by atomic mass is 15.1. The average Bonchev–Trinajstić information content (AvgIpc) is 3.73. The minimum atomic E-state index is -0.207. The average molecular weight is 522 g/mol. The molecule has 2 aromatic heterocycles. The molecule has 2 heterocycles. The van der Waals surface area contributed by atoms with Gasteiger partial charge in [0.2, 0.25) is 0 Å². The second kappa shape index (κ2) is 9.78. The third-order valence-electron chi connectivity index (χ3n) is 7.89. The van der Waals surface area contributed by atoms with Crippen molar-refractivity contribution >= 4 is 27.6 Å². The Morgan fingerprint density at radius 1 is 0.750 bits per heavy atom. The maximum absolute atomic E-state index is 6.80. The third-order valence-corrected chi connectivity index (χ3v) is 7.89. The van der Waals surface area contributed by atoms with Crippen LogP contribution in [-0.4, -0.2) is 14.5 Å². The normalized spacial score (nSPS) is 13.8. The van der Waals surface area contributed by atoms with Crippen molar-refractivity contribution < 1.29 is 0 Å². The molecular weight excluding hydrogens is 490 g/mol. The van der Waals surface area contributed by atoms with Gasteiger partial charge in [0.1, 0.15) is 5.82 Å². The molecule has 6 aromatic rings. The maximum Gasteiger partial charge on any atom is 0.141 e. The summed E-state index contributed by atoms with van der Waals surface area (Å²) in [5.41, 5.74) is 23.5. The number of nitrogens with two attached hydrogens (primary N) is 2. The molecule has 4 N–H and O–H groups in total. The molecule has 5 nitrogen and oxygen atoms in total. The van der Waals surface area contributed by atoms with E-state index in [0.717, 1.165) is 79.9 Å². The minimum Gasteiger partial charge on any atom is -0.398 e. The van der Waals surface area contributed by atoms with Crippen molar-refractivity contribution in [3.8, 4) is 33.8 Å². The Balaban J connectivity index is 1.34. The number of nitrogen functional groups attached to an aromatic ring is 1. The fraction of sp³-hybridized carbons (Fsp3) is 0.143. The topological polar surface area (TPSA) is 82.8 Å². The van der Waals surface area contributed by atoms with Gasteiger partial charge in [-0.2, -0.15) is 0 Å². The number of imidazole rings is 1. The summed E-state index contributed by atoms with van der Waals surface area (Å²) in [5, 5.41) is 0.947. The molecule has 0 saturated heterocycles. The Hall–Kier alpha value is -4.74. The molecule has 196 valence electrons. The van der Waals surface area contributed by atoms with Crippen molar-refractivity contribution in [1.82, 2.24) is 14.5 Å². The van der Waals surface area contributed by atoms with E-state index in [1.54, 1.807) is 0 Å². The standard InChI is InChI=1S/C35H31N5/c1-2-40-31-16-6-5-15-30(31)39-35(40)26-12-8-10-24(21-26)23-9-7-11-25(20-23)34-32(28(36)19-22-17-18-22)33(37)27-13-3-4-14-29(27)38-34/h3-18,20-22,28H,2,19,36H2,1H3,(H2,37,38)/t28-/m0/s1. The smallest absolute Gasteiger partial charge is 0.141 e. The quantitative estimate of drug-likeness (QED) is 0.210. The van der Waals surface area contributed by atoms with Crippen LogP contribution in [0.2, 0.25) is 0 Å². The van der Waals surface area contributed by atoms with Gasteiger partial charge in [-0.15, -0.1) is 0 Å². The van der Waals surface area contributed by atoms with E-state index in [9.17, 15) is 0 Å². The first kappa shape index (κ1) is 24.3. The van der Waals surface area contributed by atoms with Gasteiger partial charge in [-0.1, -0.05) is 78.9 Å². The zero-order chi connectivity index (χ0) is 27.2. The van der Waals surface area contributed by atoms with Crippen LogP contribution in [0.15, 0.2) is 109 Å². The number of pyridine rings is 1. The van der Waals surface area contributed by atoms with Gasteiger partial charge in [-0.05, 0) is 60.7 Å². The van der Waals surface area contributed by atoms with Crippen molar-refractivity contribution in [3.05, 3.63) is 115 Å². The molecule has 0 amide bonds. The third kappa shape index (κ3) is 4.25. The Kier molecular flexibility index (Phi) is 5.94. The number of para-hydroxylation sites is 3. The van der Waals surface area contributed by atoms with Crippen LogP contribution in [0.25, 0.3) is 55.7 Å². The largest absolute Gasteiger partial charge is 0.398 e. The summed E-state index contributed by atoms with van der Waals surface area (Å²) < 4.78 is 2.27. The van der Waals surface area contributed by atoms with E-state index in [-0.39, 0.29) is 6.04 Å². The van der Waals surface area contributed by atoms with Crippen LogP contribution in [0, 0.1) is 5.92 Å². The van der Waals surface area contributed by atoms with Gasteiger partial charge in [0.25, 0.3) is 0 Å². The number of rotatable bonds is 7. The number of hydrogen-bond acceptors (Lipinski definition) is 4. The zero-order valence-corrected chi connectivity index (χ0v) is 22.5. The molecule has 1 atom stereocenters. The maximum atomic E-state index is 6.80. The molecular formula is C35H31N5. The summed E-state index contributed by atoms with van der Waals surface area (Å²) in [6.45, 7) is 3.01. The summed E-state index contributed by atoms with van der Waals surface area (Å²) in [7, 11) is 0. The first-order valence-corrected chi connectivity index (χ1v) is 13.9. The highest BCUT2D eigenvalue weighted by Crippen LogP contribution is 2.40. The number of benzene rings is 4. The second-order valence-corrected chi connectivity index (χ2v) is 10.5. The van der Waals surface area contributed by atoms with Crippen LogP contribution in [-0.2, 0) is 6.54 Å². The van der Waals surface area contributed by atoms with Crippen LogP contribution in [0.5, 0.6) is 0 Å². The number of anilines is 1. The van der Waals surface area contributed by atoms with Crippen LogP contribution >= 0.6 is 0 Å². The monoisotopic (exact) mass is 521 g/mol. The first-order valence-electron chi connectivity index (χ1n) is 13.9. The molecule has 1 aliphatic rings. The first-order chi connectivity index (χ1) is 19.6. The van der Waals surface area contributed by atoms with Gasteiger partial charge in [-0.3, -0.25) is 0 Å². The van der Waals surface area contributed by atoms with Crippen molar-refractivity contribution in [2.75, 3.05) is 5.73 Å². The summed E-state index contributed by atoms with van der Waals surface area (Å²) in [5.74, 6) is 1.42. The number of allylic oxidation sites excluding steroid dienone is 2. The van der Waals surface area contributed by atoms with Crippen LogP contribution in [0.1, 0.15) is 24.9 Å². The molecule has 0 fully saturated rings. The molecule has 0 spiro atoms. The van der Waals surface area contributed by atoms with Gasteiger partial charge < -0.3 is 16.0 Å². The number of fused-ring (bicyclic) bond motifs is 2. The summed E-state index contributed by atoms with van der Waals surface area (Å²) in [6, 6.07) is 33.3. The number of aromatic nitrogens is 3. The molecule has 0 saturated carbocycles. The van der Waals surface area contributed by atoms with E-state index >= 15 is 0 Å². The van der Waals surface area contributed by atoms with Gasteiger partial charge in [0, 0.05) is 40.4 Å². The molecule has 0 unspecified atom stereocenters. The SMILES string of the molecule is CCn1c(-c2cccc(-c3cccc(-c4nc5ccccc5c(N)c4[C@@H](N)CC4C=C4)c3)c2)nc2ccccc21. The highest BCUT2D eigenvalue weighted by molar-refractivity contribution is 5.96. The summed E-state index contributed by atoms with van der Waals surface area (Å²) >= 11 is 0. The number of hydrogen-bond donors (Lipinski definition) is 2. The summed E-state index contributed by atoms with van der Waals surface area (Å²) in [6.07, 6.45) is 5.20. The predicted molar refractivity (Wildman–Crippen MR) is 166 cm³/mol. The van der Waals surface area contributed by atoms with E-state index in [1.165, 1.54) is 0 Å². The number of nitrogens with zero attached hydrogens (tertiary/aromatic N) is 3. The van der Waals surface area contributed by atoms with Crippen LogP contribution in [0.3, 0.4) is 0 Å². The molecule has 0 aliphatic heterocycles. The Labute approximate surface area is 233 Å². The predicted octanol–water partition coefficient (Wildman–Crippen LogP) is 7.76. The number of aryl methyl sites for hydroxylation is 1. The van der Waals surface area contributed by atoms with E-state index < -0.39 is 0 Å². The zero-order valence-electron chi connectivity index (χ0n) is 22.5. The van der Waals surface area contributed by atoms with Crippen LogP contribution < -0.4 is 11.5 Å².